The largest absolute Gasteiger partial charge is 0.488 e. The van der Waals surface area contributed by atoms with E-state index in [0.717, 1.165) is 31.0 Å². The van der Waals surface area contributed by atoms with Crippen LogP contribution in [0.3, 0.4) is 0 Å². The van der Waals surface area contributed by atoms with E-state index < -0.39 is 0 Å². The Morgan fingerprint density at radius 3 is 2.95 bits per heavy atom. The lowest BCUT2D eigenvalue weighted by Crippen LogP contribution is -2.36. The minimum atomic E-state index is -0.0227. The molecular formula is C17H17N2OS+. The predicted octanol–water partition coefficient (Wildman–Crippen LogP) is 2.92. The molecule has 1 aromatic rings. The van der Waals surface area contributed by atoms with Crippen molar-refractivity contribution in [1.82, 2.24) is 5.32 Å². The number of benzene rings is 1. The molecule has 0 bridgehead atoms. The van der Waals surface area contributed by atoms with Crippen molar-refractivity contribution in [2.45, 2.75) is 18.9 Å². The number of hydrogen-bond acceptors (Lipinski definition) is 3. The molecule has 0 amide bonds. The van der Waals surface area contributed by atoms with Crippen LogP contribution in [0.15, 0.2) is 65.2 Å². The second kappa shape index (κ2) is 5.11. The van der Waals surface area contributed by atoms with Gasteiger partial charge in [0.05, 0.1) is 12.1 Å². The Bertz CT molecular complexity index is 688. The molecule has 1 atom stereocenters. The molecule has 4 heteroatoms. The smallest absolute Gasteiger partial charge is 0.291 e. The maximum atomic E-state index is 5.99. The van der Waals surface area contributed by atoms with Crippen LogP contribution in [0.25, 0.3) is 0 Å². The van der Waals surface area contributed by atoms with Gasteiger partial charge in [-0.1, -0.05) is 36.4 Å². The average Bonchev–Trinajstić information content (AvgIpc) is 2.56. The molecule has 3 aliphatic heterocycles. The van der Waals surface area contributed by atoms with E-state index in [9.17, 15) is 0 Å². The van der Waals surface area contributed by atoms with Crippen molar-refractivity contribution in [3.63, 3.8) is 0 Å². The number of rotatable bonds is 1. The van der Waals surface area contributed by atoms with Gasteiger partial charge in [-0.25, -0.2) is 0 Å². The Kier molecular flexibility index (Phi) is 3.11. The maximum Gasteiger partial charge on any atom is 0.291 e. The van der Waals surface area contributed by atoms with E-state index in [2.05, 4.69) is 41.7 Å². The minimum Gasteiger partial charge on any atom is -0.488 e. The van der Waals surface area contributed by atoms with Gasteiger partial charge in [0.1, 0.15) is 19.0 Å². The zero-order chi connectivity index (χ0) is 14.2. The number of ether oxygens (including phenoxy) is 1. The zero-order valence-electron chi connectivity index (χ0n) is 11.7. The van der Waals surface area contributed by atoms with E-state index in [0.29, 0.717) is 6.61 Å². The third kappa shape index (κ3) is 2.02. The molecule has 0 aliphatic carbocycles. The van der Waals surface area contributed by atoms with E-state index in [1.165, 1.54) is 16.7 Å². The fourth-order valence-electron chi connectivity index (χ4n) is 3.27. The molecule has 0 aromatic heterocycles. The molecule has 3 aliphatic rings. The van der Waals surface area contributed by atoms with Gasteiger partial charge in [-0.15, -0.1) is 3.95 Å². The van der Waals surface area contributed by atoms with Gasteiger partial charge >= 0.3 is 0 Å². The molecule has 0 fully saturated rings. The monoisotopic (exact) mass is 297 g/mol. The van der Waals surface area contributed by atoms with Crippen molar-refractivity contribution in [1.29, 1.82) is 0 Å². The summed E-state index contributed by atoms with van der Waals surface area (Å²) in [4.78, 5) is 0. The fourth-order valence-corrected chi connectivity index (χ4v) is 3.66. The summed E-state index contributed by atoms with van der Waals surface area (Å²) < 4.78 is 7.91. The van der Waals surface area contributed by atoms with E-state index >= 15 is 0 Å². The molecule has 3 heterocycles. The van der Waals surface area contributed by atoms with Crippen LogP contribution in [0, 0.1) is 0 Å². The van der Waals surface area contributed by atoms with Crippen molar-refractivity contribution in [2.75, 3.05) is 13.2 Å². The quantitative estimate of drug-likeness (QED) is 0.807. The van der Waals surface area contributed by atoms with Crippen LogP contribution in [0.1, 0.15) is 24.4 Å². The summed E-state index contributed by atoms with van der Waals surface area (Å²) in [7, 11) is 0. The van der Waals surface area contributed by atoms with Gasteiger partial charge in [0, 0.05) is 11.1 Å². The van der Waals surface area contributed by atoms with Gasteiger partial charge in [-0.05, 0) is 18.9 Å². The first-order chi connectivity index (χ1) is 10.4. The van der Waals surface area contributed by atoms with Crippen molar-refractivity contribution in [3.05, 3.63) is 70.8 Å². The maximum absolute atomic E-state index is 5.99. The average molecular weight is 297 g/mol. The Hall–Kier alpha value is -1.94. The molecule has 4 rings (SSSR count). The van der Waals surface area contributed by atoms with E-state index in [1.807, 2.05) is 10.0 Å². The summed E-state index contributed by atoms with van der Waals surface area (Å²) in [5.41, 5.74) is 3.70. The molecule has 0 saturated carbocycles. The van der Waals surface area contributed by atoms with Crippen LogP contribution in [-0.4, -0.2) is 17.1 Å². The molecule has 1 N–H and O–H groups in total. The first-order valence-electron chi connectivity index (χ1n) is 7.38. The normalized spacial score (nSPS) is 24.2. The first kappa shape index (κ1) is 12.8. The highest BCUT2D eigenvalue weighted by molar-refractivity contribution is 7.44. The van der Waals surface area contributed by atoms with Gasteiger partial charge in [-0.2, -0.15) is 0 Å². The summed E-state index contributed by atoms with van der Waals surface area (Å²) in [6.07, 6.45) is 6.48. The summed E-state index contributed by atoms with van der Waals surface area (Å²) in [5, 5.41) is 3.48. The second-order valence-corrected chi connectivity index (χ2v) is 5.88. The first-order valence-corrected chi connectivity index (χ1v) is 7.75. The van der Waals surface area contributed by atoms with E-state index in [-0.39, 0.29) is 6.04 Å². The standard InChI is InChI=1S/C17H17N2OS/c21-19-15(12-6-2-1-3-7-12)16-13(9-5-11-20-16)14-8-4-10-18-17(14)19/h1-3,5-7,9,15,18H,4,8,10-11H2/q+1. The molecule has 0 radical (unpaired) electrons. The lowest BCUT2D eigenvalue weighted by atomic mass is 9.88. The van der Waals surface area contributed by atoms with Gasteiger partial charge in [0.25, 0.3) is 5.82 Å². The lowest BCUT2D eigenvalue weighted by molar-refractivity contribution is -0.500. The SMILES string of the molecule is S=[N+]1C2=C(CCCN2)C2=C(OCC=C2)C1c1ccccc1. The number of nitrogens with one attached hydrogen (secondary N) is 1. The van der Waals surface area contributed by atoms with Gasteiger partial charge in [0.15, 0.2) is 11.8 Å². The van der Waals surface area contributed by atoms with E-state index in [4.69, 9.17) is 17.2 Å². The van der Waals surface area contributed by atoms with Crippen molar-refractivity contribution in [2.24, 2.45) is 0 Å². The highest BCUT2D eigenvalue weighted by atomic mass is 32.1. The van der Waals surface area contributed by atoms with Crippen LogP contribution in [0.5, 0.6) is 0 Å². The number of nitrogens with zero attached hydrogens (tertiary/aromatic N) is 1. The Balaban J connectivity index is 1.89. The van der Waals surface area contributed by atoms with Crippen LogP contribution < -0.4 is 5.32 Å². The van der Waals surface area contributed by atoms with Crippen LogP contribution in [0.4, 0.5) is 0 Å². The second-order valence-electron chi connectivity index (χ2n) is 5.49. The van der Waals surface area contributed by atoms with Crippen molar-refractivity contribution >= 4 is 12.4 Å². The summed E-state index contributed by atoms with van der Waals surface area (Å²) >= 11 is 5.73. The van der Waals surface area contributed by atoms with Crippen LogP contribution >= 0.6 is 0 Å². The molecule has 1 aromatic carbocycles. The van der Waals surface area contributed by atoms with E-state index in [1.54, 1.807) is 0 Å². The number of hydrogen-bond donors (Lipinski definition) is 1. The summed E-state index contributed by atoms with van der Waals surface area (Å²) in [5.74, 6) is 2.08. The molecule has 3 nitrogen and oxygen atoms in total. The Morgan fingerprint density at radius 1 is 1.24 bits per heavy atom. The highest BCUT2D eigenvalue weighted by Crippen LogP contribution is 2.42. The molecule has 0 spiro atoms. The Morgan fingerprint density at radius 2 is 2.10 bits per heavy atom. The molecule has 21 heavy (non-hydrogen) atoms. The fraction of sp³-hybridized carbons (Fsp3) is 0.294. The van der Waals surface area contributed by atoms with Crippen LogP contribution in [0.2, 0.25) is 0 Å². The number of fused-ring (bicyclic) bond motifs is 1. The van der Waals surface area contributed by atoms with Crippen molar-refractivity contribution < 1.29 is 8.68 Å². The third-order valence-electron chi connectivity index (χ3n) is 4.21. The predicted molar refractivity (Wildman–Crippen MR) is 83.2 cm³/mol. The molecule has 0 saturated heterocycles. The minimum absolute atomic E-state index is 0.0227. The van der Waals surface area contributed by atoms with Crippen LogP contribution in [-0.2, 0) is 17.2 Å². The zero-order valence-corrected chi connectivity index (χ0v) is 12.5. The van der Waals surface area contributed by atoms with Crippen molar-refractivity contribution in [3.8, 4) is 0 Å². The third-order valence-corrected chi connectivity index (χ3v) is 4.60. The van der Waals surface area contributed by atoms with Gasteiger partial charge < -0.3 is 4.74 Å². The molecule has 1 unspecified atom stereocenters. The summed E-state index contributed by atoms with van der Waals surface area (Å²) in [6.45, 7) is 1.61. The number of allylic oxidation sites excluding steroid dienone is 3. The summed E-state index contributed by atoms with van der Waals surface area (Å²) in [6, 6.07) is 10.3. The van der Waals surface area contributed by atoms with Gasteiger partial charge in [0.2, 0.25) is 0 Å². The Labute approximate surface area is 129 Å². The lowest BCUT2D eigenvalue weighted by Gasteiger charge is -2.32. The topological polar surface area (TPSA) is 24.3 Å². The molecule has 106 valence electrons. The highest BCUT2D eigenvalue weighted by Gasteiger charge is 2.41. The molecular weight excluding hydrogens is 280 g/mol. The van der Waals surface area contributed by atoms with Gasteiger partial charge in [-0.3, -0.25) is 5.32 Å².